The van der Waals surface area contributed by atoms with Gasteiger partial charge in [0.15, 0.2) is 0 Å². The summed E-state index contributed by atoms with van der Waals surface area (Å²) in [4.78, 5) is 11.5. The molecule has 3 heteroatoms. The molecule has 0 atom stereocenters. The quantitative estimate of drug-likeness (QED) is 0.594. The van der Waals surface area contributed by atoms with Crippen LogP contribution in [-0.2, 0) is 4.79 Å². The van der Waals surface area contributed by atoms with E-state index in [0.29, 0.717) is 10.8 Å². The zero-order chi connectivity index (χ0) is 12.9. The van der Waals surface area contributed by atoms with E-state index in [4.69, 9.17) is 16.3 Å². The topological polar surface area (TPSA) is 26.3 Å². The second-order valence-corrected chi connectivity index (χ2v) is 5.06. The van der Waals surface area contributed by atoms with Gasteiger partial charge in [0.1, 0.15) is 12.4 Å². The van der Waals surface area contributed by atoms with Crippen LogP contribution in [0.4, 0.5) is 0 Å². The van der Waals surface area contributed by atoms with Gasteiger partial charge in [-0.25, -0.2) is 0 Å². The number of carbonyl (C=O) groups is 1. The molecule has 1 aromatic rings. The van der Waals surface area contributed by atoms with E-state index >= 15 is 0 Å². The average molecular weight is 251 g/mol. The van der Waals surface area contributed by atoms with Gasteiger partial charge in [0.2, 0.25) is 5.78 Å². The molecule has 0 saturated heterocycles. The lowest BCUT2D eigenvalue weighted by atomic mass is 9.91. The summed E-state index contributed by atoms with van der Waals surface area (Å²) in [5, 5.41) is 0.659. The molecule has 0 aromatic heterocycles. The maximum atomic E-state index is 11.5. The molecule has 0 spiro atoms. The number of halogens is 1. The van der Waals surface area contributed by atoms with Gasteiger partial charge in [0.05, 0.1) is 0 Å². The number of ketones is 1. The normalized spacial score (nSPS) is 10.4. The number of benzene rings is 1. The minimum atomic E-state index is -0.423. The largest absolute Gasteiger partial charge is 0.481 e. The predicted octanol–water partition coefficient (Wildman–Crippen LogP) is 3.34. The van der Waals surface area contributed by atoms with Crippen LogP contribution < -0.4 is 4.74 Å². The van der Waals surface area contributed by atoms with Gasteiger partial charge in [0.25, 0.3) is 0 Å². The van der Waals surface area contributed by atoms with E-state index < -0.39 is 5.41 Å². The Kier molecular flexibility index (Phi) is 4.60. The minimum Gasteiger partial charge on any atom is -0.481 e. The molecule has 0 N–H and O–H groups in total. The van der Waals surface area contributed by atoms with Crippen molar-refractivity contribution < 1.29 is 9.53 Å². The first-order valence-electron chi connectivity index (χ1n) is 5.31. The number of Topliss-reactive ketones (excluding diaryl/α,β-unsaturated/α-hetero) is 1. The molecule has 2 nitrogen and oxygen atoms in total. The lowest BCUT2D eigenvalue weighted by molar-refractivity contribution is -0.120. The van der Waals surface area contributed by atoms with Crippen LogP contribution in [0.3, 0.4) is 0 Å². The third-order valence-electron chi connectivity index (χ3n) is 2.01. The van der Waals surface area contributed by atoms with E-state index in [1.165, 1.54) is 0 Å². The van der Waals surface area contributed by atoms with Crippen molar-refractivity contribution in [3.8, 4) is 17.6 Å². The number of ether oxygens (including phenoxy) is 1. The Labute approximate surface area is 107 Å². The average Bonchev–Trinajstić information content (AvgIpc) is 2.25. The van der Waals surface area contributed by atoms with Crippen molar-refractivity contribution in [1.29, 1.82) is 0 Å². The highest BCUT2D eigenvalue weighted by atomic mass is 35.5. The maximum Gasteiger partial charge on any atom is 0.210 e. The van der Waals surface area contributed by atoms with Crippen LogP contribution in [0.15, 0.2) is 24.3 Å². The molecule has 0 aliphatic carbocycles. The molecule has 1 aromatic carbocycles. The number of hydrogen-bond donors (Lipinski definition) is 0. The van der Waals surface area contributed by atoms with Crippen molar-refractivity contribution in [2.75, 3.05) is 6.61 Å². The van der Waals surface area contributed by atoms with Crippen LogP contribution in [0.1, 0.15) is 20.8 Å². The second-order valence-electron chi connectivity index (χ2n) is 4.62. The Morgan fingerprint density at radius 1 is 1.29 bits per heavy atom. The SMILES string of the molecule is CC(C)(C)C(=O)C#CCOc1ccc(Cl)cc1. The van der Waals surface area contributed by atoms with Gasteiger partial charge in [0, 0.05) is 10.4 Å². The van der Waals surface area contributed by atoms with E-state index in [1.54, 1.807) is 24.3 Å². The lowest BCUT2D eigenvalue weighted by Gasteiger charge is -2.10. The highest BCUT2D eigenvalue weighted by molar-refractivity contribution is 6.30. The van der Waals surface area contributed by atoms with E-state index in [2.05, 4.69) is 11.8 Å². The van der Waals surface area contributed by atoms with Crippen molar-refractivity contribution in [3.05, 3.63) is 29.3 Å². The Morgan fingerprint density at radius 2 is 1.88 bits per heavy atom. The van der Waals surface area contributed by atoms with E-state index in [1.807, 2.05) is 20.8 Å². The number of hydrogen-bond acceptors (Lipinski definition) is 2. The molecule has 0 aliphatic rings. The summed E-state index contributed by atoms with van der Waals surface area (Å²) in [5.41, 5.74) is -0.423. The molecular weight excluding hydrogens is 236 g/mol. The summed E-state index contributed by atoms with van der Waals surface area (Å²) in [7, 11) is 0. The predicted molar refractivity (Wildman–Crippen MR) is 69.2 cm³/mol. The van der Waals surface area contributed by atoms with Gasteiger partial charge in [-0.2, -0.15) is 0 Å². The molecule has 0 radical (unpaired) electrons. The zero-order valence-corrected chi connectivity index (χ0v) is 11.0. The summed E-state index contributed by atoms with van der Waals surface area (Å²) in [6.07, 6.45) is 0. The second kappa shape index (κ2) is 5.75. The fourth-order valence-corrected chi connectivity index (χ4v) is 1.08. The monoisotopic (exact) mass is 250 g/mol. The van der Waals surface area contributed by atoms with Crippen LogP contribution in [0.5, 0.6) is 5.75 Å². The van der Waals surface area contributed by atoms with E-state index in [-0.39, 0.29) is 12.4 Å². The van der Waals surface area contributed by atoms with Crippen molar-refractivity contribution in [2.24, 2.45) is 5.41 Å². The van der Waals surface area contributed by atoms with Gasteiger partial charge in [-0.05, 0) is 30.2 Å². The van der Waals surface area contributed by atoms with Crippen molar-refractivity contribution in [3.63, 3.8) is 0 Å². The van der Waals surface area contributed by atoms with E-state index in [9.17, 15) is 4.79 Å². The smallest absolute Gasteiger partial charge is 0.210 e. The molecule has 0 amide bonds. The number of rotatable bonds is 2. The fourth-order valence-electron chi connectivity index (χ4n) is 0.954. The number of carbonyl (C=O) groups excluding carboxylic acids is 1. The standard InChI is InChI=1S/C14H15ClO2/c1-14(2,3)13(16)5-4-10-17-12-8-6-11(15)7-9-12/h6-9H,10H2,1-3H3. The van der Waals surface area contributed by atoms with Gasteiger partial charge in [-0.1, -0.05) is 38.3 Å². The molecular formula is C14H15ClO2. The maximum absolute atomic E-state index is 11.5. The first kappa shape index (κ1) is 13.6. The van der Waals surface area contributed by atoms with Crippen molar-refractivity contribution in [2.45, 2.75) is 20.8 Å². The highest BCUT2D eigenvalue weighted by Gasteiger charge is 2.18. The third kappa shape index (κ3) is 4.93. The molecule has 1 rings (SSSR count). The Hall–Kier alpha value is -1.46. The zero-order valence-electron chi connectivity index (χ0n) is 10.2. The summed E-state index contributed by atoms with van der Waals surface area (Å²) in [5.74, 6) is 5.87. The molecule has 17 heavy (non-hydrogen) atoms. The van der Waals surface area contributed by atoms with Crippen LogP contribution >= 0.6 is 11.6 Å². The Morgan fingerprint density at radius 3 is 2.41 bits per heavy atom. The minimum absolute atomic E-state index is 0.0859. The van der Waals surface area contributed by atoms with Crippen LogP contribution in [0.2, 0.25) is 5.02 Å². The Balaban J connectivity index is 2.46. The molecule has 0 saturated carbocycles. The van der Waals surface area contributed by atoms with Crippen molar-refractivity contribution in [1.82, 2.24) is 0 Å². The molecule has 0 aliphatic heterocycles. The molecule has 90 valence electrons. The third-order valence-corrected chi connectivity index (χ3v) is 2.26. The first-order chi connectivity index (χ1) is 7.89. The van der Waals surface area contributed by atoms with Crippen LogP contribution in [0, 0.1) is 17.3 Å². The summed E-state index contributed by atoms with van der Waals surface area (Å²) in [6.45, 7) is 5.71. The highest BCUT2D eigenvalue weighted by Crippen LogP contribution is 2.15. The van der Waals surface area contributed by atoms with Crippen LogP contribution in [-0.4, -0.2) is 12.4 Å². The first-order valence-corrected chi connectivity index (χ1v) is 5.69. The van der Waals surface area contributed by atoms with Crippen LogP contribution in [0.25, 0.3) is 0 Å². The Bertz CT molecular complexity index is 444. The summed E-state index contributed by atoms with van der Waals surface area (Å²) < 4.78 is 5.34. The van der Waals surface area contributed by atoms with Crippen molar-refractivity contribution >= 4 is 17.4 Å². The summed E-state index contributed by atoms with van der Waals surface area (Å²) >= 11 is 5.74. The van der Waals surface area contributed by atoms with Gasteiger partial charge in [-0.15, -0.1) is 0 Å². The molecule has 0 unspecified atom stereocenters. The van der Waals surface area contributed by atoms with Gasteiger partial charge < -0.3 is 4.74 Å². The van der Waals surface area contributed by atoms with E-state index in [0.717, 1.165) is 0 Å². The fraction of sp³-hybridized carbons (Fsp3) is 0.357. The molecule has 0 heterocycles. The molecule has 0 fully saturated rings. The van der Waals surface area contributed by atoms with Gasteiger partial charge in [-0.3, -0.25) is 4.79 Å². The lowest BCUT2D eigenvalue weighted by Crippen LogP contribution is -2.17. The molecule has 0 bridgehead atoms. The summed E-state index contributed by atoms with van der Waals surface area (Å²) in [6, 6.07) is 7.00. The van der Waals surface area contributed by atoms with Gasteiger partial charge >= 0.3 is 0 Å².